The second-order valence-corrected chi connectivity index (χ2v) is 6.15. The summed E-state index contributed by atoms with van der Waals surface area (Å²) in [5, 5.41) is 3.57. The van der Waals surface area contributed by atoms with Crippen LogP contribution in [0.4, 0.5) is 5.00 Å². The van der Waals surface area contributed by atoms with E-state index in [-0.39, 0.29) is 11.8 Å². The van der Waals surface area contributed by atoms with Crippen LogP contribution in [0.15, 0.2) is 0 Å². The second-order valence-electron chi connectivity index (χ2n) is 5.04. The van der Waals surface area contributed by atoms with Crippen LogP contribution < -0.4 is 11.1 Å². The van der Waals surface area contributed by atoms with Crippen molar-refractivity contribution in [1.29, 1.82) is 0 Å². The molecule has 4 nitrogen and oxygen atoms in total. The normalized spacial score (nSPS) is 18.2. The molecule has 0 saturated heterocycles. The summed E-state index contributed by atoms with van der Waals surface area (Å²) in [5.74, 6) is -0.246. The van der Waals surface area contributed by atoms with Gasteiger partial charge >= 0.3 is 0 Å². The lowest BCUT2D eigenvalue weighted by Gasteiger charge is -2.23. The maximum absolute atomic E-state index is 11.9. The minimum absolute atomic E-state index is 0.0451. The number of primary amides is 1. The summed E-state index contributed by atoms with van der Waals surface area (Å²) < 4.78 is 0. The monoisotopic (exact) mass is 264 g/mol. The smallest absolute Gasteiger partial charge is 0.251 e. The van der Waals surface area contributed by atoms with Gasteiger partial charge in [-0.3, -0.25) is 9.59 Å². The zero-order valence-electron chi connectivity index (χ0n) is 10.1. The van der Waals surface area contributed by atoms with Crippen LogP contribution in [0.1, 0.15) is 46.5 Å². The van der Waals surface area contributed by atoms with Crippen molar-refractivity contribution < 1.29 is 9.59 Å². The Morgan fingerprint density at radius 1 is 1.22 bits per heavy atom. The quantitative estimate of drug-likeness (QED) is 0.877. The molecule has 2 aliphatic carbocycles. The van der Waals surface area contributed by atoms with E-state index in [1.54, 1.807) is 0 Å². The Labute approximate surface area is 110 Å². The highest BCUT2D eigenvalue weighted by atomic mass is 32.1. The topological polar surface area (TPSA) is 72.2 Å². The highest BCUT2D eigenvalue weighted by Gasteiger charge is 2.29. The molecular weight excluding hydrogens is 248 g/mol. The molecule has 96 valence electrons. The van der Waals surface area contributed by atoms with Crippen molar-refractivity contribution in [1.82, 2.24) is 0 Å². The number of rotatable bonds is 3. The van der Waals surface area contributed by atoms with Gasteiger partial charge in [-0.2, -0.15) is 0 Å². The Kier molecular flexibility index (Phi) is 2.86. The number of thiophene rings is 1. The molecule has 1 aromatic rings. The molecule has 0 atom stereocenters. The molecule has 3 rings (SSSR count). The highest BCUT2D eigenvalue weighted by Crippen LogP contribution is 2.39. The minimum atomic E-state index is -0.418. The number of carbonyl (C=O) groups is 2. The summed E-state index contributed by atoms with van der Waals surface area (Å²) in [6.07, 6.45) is 6.04. The second kappa shape index (κ2) is 4.39. The van der Waals surface area contributed by atoms with Crippen molar-refractivity contribution in [2.24, 2.45) is 11.7 Å². The van der Waals surface area contributed by atoms with Crippen LogP contribution in [0.3, 0.4) is 0 Å². The molecule has 0 aromatic carbocycles. The van der Waals surface area contributed by atoms with Gasteiger partial charge in [0.05, 0.1) is 5.56 Å². The molecule has 0 unspecified atom stereocenters. The number of amides is 2. The van der Waals surface area contributed by atoms with E-state index in [2.05, 4.69) is 5.32 Å². The fraction of sp³-hybridized carbons (Fsp3) is 0.538. The first-order valence-corrected chi connectivity index (χ1v) is 7.23. The van der Waals surface area contributed by atoms with E-state index in [1.165, 1.54) is 16.2 Å². The van der Waals surface area contributed by atoms with Gasteiger partial charge in [-0.25, -0.2) is 0 Å². The van der Waals surface area contributed by atoms with Gasteiger partial charge in [-0.1, -0.05) is 6.42 Å². The van der Waals surface area contributed by atoms with Crippen molar-refractivity contribution in [3.05, 3.63) is 16.0 Å². The molecule has 5 heteroatoms. The number of fused-ring (bicyclic) bond motifs is 1. The molecular formula is C13H16N2O2S. The number of nitrogens with two attached hydrogens (primary N) is 1. The molecule has 0 spiro atoms. The number of hydrogen-bond acceptors (Lipinski definition) is 3. The van der Waals surface area contributed by atoms with Crippen LogP contribution in [-0.4, -0.2) is 11.8 Å². The van der Waals surface area contributed by atoms with Crippen LogP contribution in [0.2, 0.25) is 0 Å². The molecule has 2 amide bonds. The van der Waals surface area contributed by atoms with Crippen LogP contribution in [0, 0.1) is 5.92 Å². The summed E-state index contributed by atoms with van der Waals surface area (Å²) in [6.45, 7) is 0. The van der Waals surface area contributed by atoms with Gasteiger partial charge in [0.1, 0.15) is 5.00 Å². The number of anilines is 1. The lowest BCUT2D eigenvalue weighted by Crippen LogP contribution is -2.28. The van der Waals surface area contributed by atoms with Crippen LogP contribution in [0.5, 0.6) is 0 Å². The average Bonchev–Trinajstić information content (AvgIpc) is 2.72. The number of carbonyl (C=O) groups excluding carboxylic acids is 2. The third kappa shape index (κ3) is 1.82. The number of hydrogen-bond donors (Lipinski definition) is 2. The lowest BCUT2D eigenvalue weighted by molar-refractivity contribution is -0.122. The summed E-state index contributed by atoms with van der Waals surface area (Å²) >= 11 is 1.52. The molecule has 2 aliphatic rings. The van der Waals surface area contributed by atoms with Crippen LogP contribution in [0.25, 0.3) is 0 Å². The zero-order chi connectivity index (χ0) is 12.7. The van der Waals surface area contributed by atoms with E-state index in [1.807, 2.05) is 0 Å². The molecule has 1 aromatic heterocycles. The first-order chi connectivity index (χ1) is 8.66. The summed E-state index contributed by atoms with van der Waals surface area (Å²) in [4.78, 5) is 24.7. The standard InChI is InChI=1S/C13H16N2O2S/c14-11(16)10-8-5-2-6-9(8)18-13(10)15-12(17)7-3-1-4-7/h7H,1-6H2,(H2,14,16)(H,15,17). The van der Waals surface area contributed by atoms with E-state index >= 15 is 0 Å². The van der Waals surface area contributed by atoms with E-state index < -0.39 is 5.91 Å². The van der Waals surface area contributed by atoms with Crippen molar-refractivity contribution in [3.63, 3.8) is 0 Å². The minimum Gasteiger partial charge on any atom is -0.365 e. The van der Waals surface area contributed by atoms with Gasteiger partial charge in [0.2, 0.25) is 5.91 Å². The molecule has 18 heavy (non-hydrogen) atoms. The Morgan fingerprint density at radius 3 is 2.61 bits per heavy atom. The fourth-order valence-electron chi connectivity index (χ4n) is 2.64. The summed E-state index contributed by atoms with van der Waals surface area (Å²) in [6, 6.07) is 0. The molecule has 0 bridgehead atoms. The van der Waals surface area contributed by atoms with E-state index in [0.29, 0.717) is 10.6 Å². The van der Waals surface area contributed by atoms with Crippen LogP contribution >= 0.6 is 11.3 Å². The predicted octanol–water partition coefficient (Wildman–Crippen LogP) is 2.07. The van der Waals surface area contributed by atoms with Crippen molar-refractivity contribution in [3.8, 4) is 0 Å². The third-order valence-electron chi connectivity index (χ3n) is 3.88. The number of nitrogens with one attached hydrogen (secondary N) is 1. The Hall–Kier alpha value is -1.36. The van der Waals surface area contributed by atoms with E-state index in [9.17, 15) is 9.59 Å². The molecule has 3 N–H and O–H groups in total. The average molecular weight is 264 g/mol. The van der Waals surface area contributed by atoms with Gasteiger partial charge in [0.25, 0.3) is 5.91 Å². The fourth-order valence-corrected chi connectivity index (χ4v) is 3.93. The largest absolute Gasteiger partial charge is 0.365 e. The van der Waals surface area contributed by atoms with E-state index in [4.69, 9.17) is 5.73 Å². The first-order valence-electron chi connectivity index (χ1n) is 6.42. The van der Waals surface area contributed by atoms with Crippen molar-refractivity contribution in [2.75, 3.05) is 5.32 Å². The van der Waals surface area contributed by atoms with Gasteiger partial charge in [0.15, 0.2) is 0 Å². The Balaban J connectivity index is 1.87. The number of aryl methyl sites for hydroxylation is 1. The molecule has 1 fully saturated rings. The third-order valence-corrected chi connectivity index (χ3v) is 5.09. The van der Waals surface area contributed by atoms with Gasteiger partial charge < -0.3 is 11.1 Å². The molecule has 0 radical (unpaired) electrons. The molecule has 1 saturated carbocycles. The summed E-state index contributed by atoms with van der Waals surface area (Å²) in [5.41, 5.74) is 7.07. The van der Waals surface area contributed by atoms with Gasteiger partial charge in [0, 0.05) is 10.8 Å². The molecule has 1 heterocycles. The van der Waals surface area contributed by atoms with E-state index in [0.717, 1.165) is 44.1 Å². The zero-order valence-corrected chi connectivity index (χ0v) is 10.9. The Bertz CT molecular complexity index is 517. The van der Waals surface area contributed by atoms with Gasteiger partial charge in [-0.05, 0) is 37.7 Å². The summed E-state index contributed by atoms with van der Waals surface area (Å²) in [7, 11) is 0. The van der Waals surface area contributed by atoms with Crippen LogP contribution in [-0.2, 0) is 17.6 Å². The van der Waals surface area contributed by atoms with Crippen molar-refractivity contribution in [2.45, 2.75) is 38.5 Å². The molecule has 0 aliphatic heterocycles. The Morgan fingerprint density at radius 2 is 2.00 bits per heavy atom. The first kappa shape index (κ1) is 11.7. The maximum Gasteiger partial charge on any atom is 0.251 e. The highest BCUT2D eigenvalue weighted by molar-refractivity contribution is 7.17. The maximum atomic E-state index is 11.9. The SMILES string of the molecule is NC(=O)c1c(NC(=O)C2CCC2)sc2c1CCC2. The van der Waals surface area contributed by atoms with Crippen molar-refractivity contribution >= 4 is 28.2 Å². The lowest BCUT2D eigenvalue weighted by atomic mass is 9.85. The predicted molar refractivity (Wildman–Crippen MR) is 70.8 cm³/mol. The van der Waals surface area contributed by atoms with Gasteiger partial charge in [-0.15, -0.1) is 11.3 Å².